The summed E-state index contributed by atoms with van der Waals surface area (Å²) in [6.45, 7) is 0.161. The molecule has 1 amide bonds. The molecule has 1 N–H and O–H groups in total. The Kier molecular flexibility index (Phi) is 3.65. The highest BCUT2D eigenvalue weighted by atomic mass is 32.1. The fraction of sp³-hybridized carbons (Fsp3) is 0.235. The van der Waals surface area contributed by atoms with Crippen LogP contribution in [0.4, 0.5) is 4.39 Å². The molecular formula is C17H14FN3O2S. The van der Waals surface area contributed by atoms with Crippen LogP contribution in [-0.2, 0) is 16.8 Å². The summed E-state index contributed by atoms with van der Waals surface area (Å²) in [5.41, 5.74) is 0.0865. The highest BCUT2D eigenvalue weighted by Gasteiger charge is 2.51. The van der Waals surface area contributed by atoms with Crippen molar-refractivity contribution in [1.82, 2.24) is 15.5 Å². The summed E-state index contributed by atoms with van der Waals surface area (Å²) in [6.07, 6.45) is 1.43. The van der Waals surface area contributed by atoms with Crippen LogP contribution in [0, 0.1) is 5.82 Å². The van der Waals surface area contributed by atoms with E-state index < -0.39 is 5.41 Å². The van der Waals surface area contributed by atoms with Crippen molar-refractivity contribution >= 4 is 17.2 Å². The zero-order valence-electron chi connectivity index (χ0n) is 12.7. The number of hydrogen-bond donors (Lipinski definition) is 1. The van der Waals surface area contributed by atoms with Crippen LogP contribution in [-0.4, -0.2) is 16.1 Å². The van der Waals surface area contributed by atoms with E-state index in [0.717, 1.165) is 4.88 Å². The van der Waals surface area contributed by atoms with E-state index in [9.17, 15) is 9.18 Å². The van der Waals surface area contributed by atoms with Crippen molar-refractivity contribution in [2.24, 2.45) is 0 Å². The van der Waals surface area contributed by atoms with Gasteiger partial charge in [-0.3, -0.25) is 4.79 Å². The number of amides is 1. The lowest BCUT2D eigenvalue weighted by molar-refractivity contribution is -0.123. The van der Waals surface area contributed by atoms with Gasteiger partial charge in [-0.2, -0.15) is 0 Å². The quantitative estimate of drug-likeness (QED) is 0.772. The van der Waals surface area contributed by atoms with Gasteiger partial charge in [0.05, 0.1) is 16.8 Å². The zero-order chi connectivity index (χ0) is 16.6. The van der Waals surface area contributed by atoms with Crippen LogP contribution in [0.1, 0.15) is 24.3 Å². The van der Waals surface area contributed by atoms with Gasteiger partial charge in [-0.05, 0) is 42.0 Å². The number of aromatic nitrogens is 2. The molecule has 1 aromatic carbocycles. The number of carbonyl (C=O) groups is 1. The largest absolute Gasteiger partial charge is 0.418 e. The lowest BCUT2D eigenvalue weighted by Crippen LogP contribution is -2.34. The number of thiophene rings is 1. The van der Waals surface area contributed by atoms with Crippen molar-refractivity contribution in [2.75, 3.05) is 0 Å². The molecule has 24 heavy (non-hydrogen) atoms. The van der Waals surface area contributed by atoms with E-state index in [2.05, 4.69) is 15.5 Å². The first kappa shape index (κ1) is 15.0. The van der Waals surface area contributed by atoms with Crippen molar-refractivity contribution in [2.45, 2.75) is 24.8 Å². The second-order valence-electron chi connectivity index (χ2n) is 5.75. The molecule has 0 bridgehead atoms. The van der Waals surface area contributed by atoms with Gasteiger partial charge >= 0.3 is 0 Å². The number of halogens is 1. The third kappa shape index (κ3) is 2.71. The molecule has 3 aromatic rings. The maximum Gasteiger partial charge on any atom is 0.257 e. The van der Waals surface area contributed by atoms with Crippen LogP contribution < -0.4 is 5.32 Å². The Morgan fingerprint density at radius 1 is 1.29 bits per heavy atom. The normalized spacial score (nSPS) is 15.2. The molecule has 0 atom stereocenters. The van der Waals surface area contributed by atoms with Gasteiger partial charge in [-0.25, -0.2) is 4.39 Å². The first-order valence-corrected chi connectivity index (χ1v) is 8.46. The predicted octanol–water partition coefficient (Wildman–Crippen LogP) is 3.29. The Balaban J connectivity index is 1.44. The SMILES string of the molecule is O=C(NCc1nnc(-c2cccs2)o1)C1(c2cccc(F)c2)CC1. The van der Waals surface area contributed by atoms with Crippen molar-refractivity contribution in [1.29, 1.82) is 0 Å². The van der Waals surface area contributed by atoms with Gasteiger partial charge in [-0.15, -0.1) is 21.5 Å². The number of nitrogens with one attached hydrogen (secondary N) is 1. The molecule has 0 unspecified atom stereocenters. The fourth-order valence-corrected chi connectivity index (χ4v) is 3.35. The van der Waals surface area contributed by atoms with Gasteiger partial charge < -0.3 is 9.73 Å². The fourth-order valence-electron chi connectivity index (χ4n) is 2.71. The van der Waals surface area contributed by atoms with E-state index in [4.69, 9.17) is 4.42 Å². The summed E-state index contributed by atoms with van der Waals surface area (Å²) < 4.78 is 19.0. The van der Waals surface area contributed by atoms with Crippen LogP contribution in [0.25, 0.3) is 10.8 Å². The van der Waals surface area contributed by atoms with Crippen molar-refractivity contribution in [3.63, 3.8) is 0 Å². The standard InChI is InChI=1S/C17H14FN3O2S/c18-12-4-1-3-11(9-12)17(6-7-17)16(22)19-10-14-20-21-15(23-14)13-5-2-8-24-13/h1-5,8-9H,6-7,10H2,(H,19,22). The zero-order valence-corrected chi connectivity index (χ0v) is 13.5. The third-order valence-corrected chi connectivity index (χ3v) is 5.02. The van der Waals surface area contributed by atoms with Crippen molar-refractivity contribution in [3.05, 3.63) is 59.0 Å². The Labute approximate surface area is 141 Å². The molecular weight excluding hydrogens is 329 g/mol. The minimum absolute atomic E-state index is 0.135. The number of benzene rings is 1. The second-order valence-corrected chi connectivity index (χ2v) is 6.70. The highest BCUT2D eigenvalue weighted by Crippen LogP contribution is 2.48. The van der Waals surface area contributed by atoms with Gasteiger partial charge in [0.2, 0.25) is 11.8 Å². The van der Waals surface area contributed by atoms with E-state index in [-0.39, 0.29) is 18.3 Å². The summed E-state index contributed by atoms with van der Waals surface area (Å²) in [5, 5.41) is 12.7. The minimum atomic E-state index is -0.626. The van der Waals surface area contributed by atoms with Gasteiger partial charge in [0, 0.05) is 0 Å². The number of rotatable bonds is 5. The van der Waals surface area contributed by atoms with E-state index >= 15 is 0 Å². The Morgan fingerprint density at radius 3 is 2.88 bits per heavy atom. The molecule has 4 rings (SSSR count). The van der Waals surface area contributed by atoms with E-state index in [1.54, 1.807) is 12.1 Å². The van der Waals surface area contributed by atoms with E-state index in [1.165, 1.54) is 23.5 Å². The lowest BCUT2D eigenvalue weighted by Gasteiger charge is -2.15. The second kappa shape index (κ2) is 5.83. The summed E-state index contributed by atoms with van der Waals surface area (Å²) in [6, 6.07) is 10.0. The Hall–Kier alpha value is -2.54. The molecule has 1 fully saturated rings. The average Bonchev–Trinajstić information content (AvgIpc) is 3.00. The minimum Gasteiger partial charge on any atom is -0.418 e. The van der Waals surface area contributed by atoms with E-state index in [1.807, 2.05) is 17.5 Å². The first-order chi connectivity index (χ1) is 11.7. The monoisotopic (exact) mass is 343 g/mol. The molecule has 1 aliphatic rings. The molecule has 1 aliphatic carbocycles. The van der Waals surface area contributed by atoms with Crippen LogP contribution in [0.2, 0.25) is 0 Å². The van der Waals surface area contributed by atoms with Crippen molar-refractivity contribution < 1.29 is 13.6 Å². The topological polar surface area (TPSA) is 68.0 Å². The molecule has 7 heteroatoms. The van der Waals surface area contributed by atoms with Crippen LogP contribution in [0.3, 0.4) is 0 Å². The van der Waals surface area contributed by atoms with Gasteiger partial charge in [0.1, 0.15) is 5.82 Å². The molecule has 5 nitrogen and oxygen atoms in total. The molecule has 2 heterocycles. The third-order valence-electron chi connectivity index (χ3n) is 4.16. The van der Waals surface area contributed by atoms with Gasteiger partial charge in [0.15, 0.2) is 0 Å². The van der Waals surface area contributed by atoms with Crippen LogP contribution >= 0.6 is 11.3 Å². The molecule has 1 saturated carbocycles. The summed E-state index contributed by atoms with van der Waals surface area (Å²) in [4.78, 5) is 13.4. The van der Waals surface area contributed by atoms with Crippen molar-refractivity contribution in [3.8, 4) is 10.8 Å². The van der Waals surface area contributed by atoms with E-state index in [0.29, 0.717) is 30.2 Å². The molecule has 0 spiro atoms. The maximum atomic E-state index is 13.4. The first-order valence-electron chi connectivity index (χ1n) is 7.58. The Bertz CT molecular complexity index is 872. The average molecular weight is 343 g/mol. The van der Waals surface area contributed by atoms with Crippen LogP contribution in [0.15, 0.2) is 46.2 Å². The highest BCUT2D eigenvalue weighted by molar-refractivity contribution is 7.13. The number of carbonyl (C=O) groups excluding carboxylic acids is 1. The smallest absolute Gasteiger partial charge is 0.257 e. The molecule has 2 aromatic heterocycles. The Morgan fingerprint density at radius 2 is 2.17 bits per heavy atom. The maximum absolute atomic E-state index is 13.4. The number of nitrogens with zero attached hydrogens (tertiary/aromatic N) is 2. The molecule has 0 radical (unpaired) electrons. The number of hydrogen-bond acceptors (Lipinski definition) is 5. The summed E-state index contributed by atoms with van der Waals surface area (Å²) >= 11 is 1.51. The van der Waals surface area contributed by atoms with Crippen LogP contribution in [0.5, 0.6) is 0 Å². The van der Waals surface area contributed by atoms with Gasteiger partial charge in [0.25, 0.3) is 5.89 Å². The summed E-state index contributed by atoms with van der Waals surface area (Å²) in [7, 11) is 0. The molecule has 122 valence electrons. The molecule has 0 saturated heterocycles. The predicted molar refractivity (Wildman–Crippen MR) is 86.8 cm³/mol. The van der Waals surface area contributed by atoms with Gasteiger partial charge in [-0.1, -0.05) is 18.2 Å². The molecule has 0 aliphatic heterocycles. The lowest BCUT2D eigenvalue weighted by atomic mass is 9.95. The summed E-state index contributed by atoms with van der Waals surface area (Å²) in [5.74, 6) is 0.329.